The number of nitrogens with zero attached hydrogens (tertiary/aromatic N) is 2. The van der Waals surface area contributed by atoms with Crippen molar-refractivity contribution in [3.63, 3.8) is 0 Å². The first kappa shape index (κ1) is 19.2. The van der Waals surface area contributed by atoms with Gasteiger partial charge < -0.3 is 25.0 Å². The van der Waals surface area contributed by atoms with E-state index in [-0.39, 0.29) is 30.2 Å². The van der Waals surface area contributed by atoms with Crippen molar-refractivity contribution < 1.29 is 19.4 Å². The summed E-state index contributed by atoms with van der Waals surface area (Å²) in [6.07, 6.45) is 0.836. The highest BCUT2D eigenvalue weighted by Crippen LogP contribution is 2.33. The van der Waals surface area contributed by atoms with Crippen LogP contribution in [0.1, 0.15) is 16.1 Å². The fourth-order valence-corrected chi connectivity index (χ4v) is 4.84. The largest absolute Gasteiger partial charge is 0.506 e. The van der Waals surface area contributed by atoms with Crippen LogP contribution >= 0.6 is 27.3 Å². The summed E-state index contributed by atoms with van der Waals surface area (Å²) in [6.45, 7) is 2.39. The number of amides is 2. The third kappa shape index (κ3) is 4.01. The van der Waals surface area contributed by atoms with Crippen molar-refractivity contribution in [3.8, 4) is 5.75 Å². The van der Waals surface area contributed by atoms with Gasteiger partial charge in [-0.05, 0) is 40.5 Å². The Balaban J connectivity index is 1.40. The van der Waals surface area contributed by atoms with Gasteiger partial charge in [-0.25, -0.2) is 0 Å². The third-order valence-corrected chi connectivity index (χ3v) is 6.61. The first-order valence-corrected chi connectivity index (χ1v) is 10.7. The zero-order valence-electron chi connectivity index (χ0n) is 15.1. The van der Waals surface area contributed by atoms with Gasteiger partial charge in [0.05, 0.1) is 17.2 Å². The van der Waals surface area contributed by atoms with E-state index in [0.717, 1.165) is 23.1 Å². The molecule has 0 radical (unpaired) electrons. The molecule has 4 rings (SSSR count). The van der Waals surface area contributed by atoms with Crippen molar-refractivity contribution >= 4 is 50.5 Å². The molecular weight excluding hydrogens is 446 g/mol. The number of phenols is 1. The lowest BCUT2D eigenvalue weighted by Gasteiger charge is -2.28. The summed E-state index contributed by atoms with van der Waals surface area (Å²) in [6, 6.07) is 7.21. The average molecular weight is 466 g/mol. The molecule has 0 spiro atoms. The zero-order chi connectivity index (χ0) is 19.7. The number of morpholine rings is 1. The number of nitrogens with one attached hydrogen (secondary N) is 1. The Morgan fingerprint density at radius 3 is 2.89 bits per heavy atom. The molecule has 0 saturated carbocycles. The number of benzene rings is 1. The van der Waals surface area contributed by atoms with E-state index in [0.29, 0.717) is 30.3 Å². The lowest BCUT2D eigenvalue weighted by Crippen LogP contribution is -2.41. The number of ether oxygens (including phenoxy) is 1. The second kappa shape index (κ2) is 8.10. The van der Waals surface area contributed by atoms with E-state index in [9.17, 15) is 14.7 Å². The number of hydrogen-bond acceptors (Lipinski definition) is 6. The molecule has 0 bridgehead atoms. The van der Waals surface area contributed by atoms with Crippen LogP contribution in [0.3, 0.4) is 0 Å². The molecule has 2 aromatic rings. The summed E-state index contributed by atoms with van der Waals surface area (Å²) in [7, 11) is 0. The molecule has 2 N–H and O–H groups in total. The predicted molar refractivity (Wildman–Crippen MR) is 111 cm³/mol. The SMILES string of the molecule is O=C(N[C@@H]1CCN(c2ccc(N3CCOCC3=O)c(O)c2)C1)c1cc(Br)cs1. The maximum Gasteiger partial charge on any atom is 0.261 e. The zero-order valence-corrected chi connectivity index (χ0v) is 17.5. The minimum Gasteiger partial charge on any atom is -0.506 e. The molecule has 2 amide bonds. The van der Waals surface area contributed by atoms with Gasteiger partial charge in [-0.3, -0.25) is 9.59 Å². The number of hydrogen-bond donors (Lipinski definition) is 2. The molecule has 1 aromatic heterocycles. The van der Waals surface area contributed by atoms with Crippen LogP contribution in [0.4, 0.5) is 11.4 Å². The summed E-state index contributed by atoms with van der Waals surface area (Å²) in [4.78, 5) is 28.7. The fourth-order valence-electron chi connectivity index (χ4n) is 3.51. The Kier molecular flexibility index (Phi) is 5.56. The van der Waals surface area contributed by atoms with Crippen molar-refractivity contribution in [1.29, 1.82) is 0 Å². The second-order valence-corrected chi connectivity index (χ2v) is 8.63. The van der Waals surface area contributed by atoms with E-state index < -0.39 is 0 Å². The quantitative estimate of drug-likeness (QED) is 0.724. The Hall–Kier alpha value is -2.10. The van der Waals surface area contributed by atoms with Crippen molar-refractivity contribution in [2.45, 2.75) is 12.5 Å². The Bertz CT molecular complexity index is 903. The van der Waals surface area contributed by atoms with E-state index in [1.807, 2.05) is 17.5 Å². The van der Waals surface area contributed by atoms with Crippen LogP contribution in [0, 0.1) is 0 Å². The van der Waals surface area contributed by atoms with Gasteiger partial charge in [0.2, 0.25) is 0 Å². The fraction of sp³-hybridized carbons (Fsp3) is 0.368. The maximum absolute atomic E-state index is 12.3. The number of carbonyl (C=O) groups excluding carboxylic acids is 2. The molecule has 2 fully saturated rings. The van der Waals surface area contributed by atoms with Crippen molar-refractivity contribution in [2.24, 2.45) is 0 Å². The summed E-state index contributed by atoms with van der Waals surface area (Å²) >= 11 is 4.77. The van der Waals surface area contributed by atoms with Crippen LogP contribution in [0.15, 0.2) is 34.1 Å². The number of aromatic hydroxyl groups is 1. The van der Waals surface area contributed by atoms with E-state index in [1.54, 1.807) is 17.0 Å². The highest BCUT2D eigenvalue weighted by molar-refractivity contribution is 9.10. The number of rotatable bonds is 4. The minimum atomic E-state index is -0.154. The van der Waals surface area contributed by atoms with E-state index in [2.05, 4.69) is 26.1 Å². The number of anilines is 2. The summed E-state index contributed by atoms with van der Waals surface area (Å²) in [5, 5.41) is 15.4. The van der Waals surface area contributed by atoms with E-state index in [1.165, 1.54) is 11.3 Å². The van der Waals surface area contributed by atoms with Gasteiger partial charge >= 0.3 is 0 Å². The lowest BCUT2D eigenvalue weighted by atomic mass is 10.2. The average Bonchev–Trinajstić information content (AvgIpc) is 3.31. The predicted octanol–water partition coefficient (Wildman–Crippen LogP) is 2.59. The second-order valence-electron chi connectivity index (χ2n) is 6.81. The molecule has 0 aliphatic carbocycles. The Morgan fingerprint density at radius 2 is 2.18 bits per heavy atom. The van der Waals surface area contributed by atoms with Crippen LogP contribution in [0.25, 0.3) is 0 Å². The van der Waals surface area contributed by atoms with Crippen LogP contribution < -0.4 is 15.1 Å². The molecule has 2 aliphatic rings. The van der Waals surface area contributed by atoms with Crippen molar-refractivity contribution in [2.75, 3.05) is 42.6 Å². The van der Waals surface area contributed by atoms with Crippen molar-refractivity contribution in [3.05, 3.63) is 39.0 Å². The van der Waals surface area contributed by atoms with Gasteiger partial charge in [0, 0.05) is 47.3 Å². The molecule has 1 aromatic carbocycles. The first-order valence-electron chi connectivity index (χ1n) is 9.02. The van der Waals surface area contributed by atoms with Gasteiger partial charge in [0.25, 0.3) is 11.8 Å². The summed E-state index contributed by atoms with van der Waals surface area (Å²) < 4.78 is 6.05. The van der Waals surface area contributed by atoms with Crippen LogP contribution in [-0.4, -0.2) is 55.8 Å². The van der Waals surface area contributed by atoms with Crippen LogP contribution in [0.2, 0.25) is 0 Å². The van der Waals surface area contributed by atoms with E-state index >= 15 is 0 Å². The monoisotopic (exact) mass is 465 g/mol. The molecule has 28 heavy (non-hydrogen) atoms. The number of phenolic OH excluding ortho intramolecular Hbond substituents is 1. The maximum atomic E-state index is 12.3. The summed E-state index contributed by atoms with van der Waals surface area (Å²) in [5.74, 6) is -0.145. The molecule has 2 saturated heterocycles. The van der Waals surface area contributed by atoms with Crippen LogP contribution in [-0.2, 0) is 9.53 Å². The molecule has 7 nitrogen and oxygen atoms in total. The highest BCUT2D eigenvalue weighted by atomic mass is 79.9. The molecular formula is C19H20BrN3O4S. The molecule has 1 atom stereocenters. The number of thiophene rings is 1. The number of halogens is 1. The standard InChI is InChI=1S/C19H20BrN3O4S/c20-12-7-17(28-11-12)19(26)21-13-3-4-22(9-13)14-1-2-15(16(24)8-14)23-5-6-27-10-18(23)25/h1-2,7-8,11,13,24H,3-6,9-10H2,(H,21,26)/t13-/m1/s1. The van der Waals surface area contributed by atoms with E-state index in [4.69, 9.17) is 4.74 Å². The Labute approximate surface area is 175 Å². The molecule has 3 heterocycles. The first-order chi connectivity index (χ1) is 13.5. The van der Waals surface area contributed by atoms with Gasteiger partial charge in [-0.15, -0.1) is 11.3 Å². The Morgan fingerprint density at radius 1 is 1.32 bits per heavy atom. The van der Waals surface area contributed by atoms with Gasteiger partial charge in [0.15, 0.2) is 0 Å². The molecule has 0 unspecified atom stereocenters. The highest BCUT2D eigenvalue weighted by Gasteiger charge is 2.27. The van der Waals surface area contributed by atoms with Gasteiger partial charge in [0.1, 0.15) is 12.4 Å². The van der Waals surface area contributed by atoms with Crippen molar-refractivity contribution in [1.82, 2.24) is 5.32 Å². The molecule has 9 heteroatoms. The topological polar surface area (TPSA) is 82.1 Å². The van der Waals surface area contributed by atoms with Gasteiger partial charge in [-0.2, -0.15) is 0 Å². The molecule has 148 valence electrons. The summed E-state index contributed by atoms with van der Waals surface area (Å²) in [5.41, 5.74) is 1.38. The smallest absolute Gasteiger partial charge is 0.261 e. The number of carbonyl (C=O) groups is 2. The molecule has 2 aliphatic heterocycles. The minimum absolute atomic E-state index is 0.0372. The van der Waals surface area contributed by atoms with Gasteiger partial charge in [-0.1, -0.05) is 0 Å². The lowest BCUT2D eigenvalue weighted by molar-refractivity contribution is -0.125. The third-order valence-electron chi connectivity index (χ3n) is 4.92. The normalized spacial score (nSPS) is 19.9. The van der Waals surface area contributed by atoms with Crippen LogP contribution in [0.5, 0.6) is 5.75 Å².